The van der Waals surface area contributed by atoms with Gasteiger partial charge in [-0.25, -0.2) is 0 Å². The monoisotopic (exact) mass is 369 g/mol. The molecule has 1 saturated heterocycles. The van der Waals surface area contributed by atoms with Crippen molar-refractivity contribution in [2.75, 3.05) is 20.8 Å². The van der Waals surface area contributed by atoms with Crippen molar-refractivity contribution in [2.24, 2.45) is 4.99 Å². The molecular weight excluding hydrogens is 346 g/mol. The molecule has 1 aromatic heterocycles. The number of rotatable bonds is 4. The van der Waals surface area contributed by atoms with Gasteiger partial charge in [0.1, 0.15) is 6.04 Å². The Morgan fingerprint density at radius 1 is 1.15 bits per heavy atom. The molecule has 0 amide bonds. The smallest absolute Gasteiger partial charge is 0.161 e. The Hall–Kier alpha value is -2.21. The first-order valence-electron chi connectivity index (χ1n) is 8.77. The molecule has 3 heterocycles. The average molecular weight is 369 g/mol. The van der Waals surface area contributed by atoms with Crippen molar-refractivity contribution in [2.45, 2.75) is 31.2 Å². The van der Waals surface area contributed by atoms with Crippen LogP contribution in [-0.2, 0) is 0 Å². The minimum atomic E-state index is -0.0111. The number of aliphatic imine (C=N–C) groups is 1. The normalized spacial score (nSPS) is 24.4. The molecule has 6 heteroatoms. The molecule has 0 spiro atoms. The van der Waals surface area contributed by atoms with E-state index in [4.69, 9.17) is 14.5 Å². The number of ether oxygens (including phenoxy) is 2. The van der Waals surface area contributed by atoms with Crippen LogP contribution in [-0.4, -0.2) is 41.1 Å². The molecule has 136 valence electrons. The molecule has 0 N–H and O–H groups in total. The van der Waals surface area contributed by atoms with Crippen LogP contribution in [0, 0.1) is 6.92 Å². The SMILES string of the molecule is COc1cc(C)c(C2C(c3ccccn3)N=C3SC(C)CN32)cc1OC. The third-order valence-electron chi connectivity index (χ3n) is 4.97. The summed E-state index contributed by atoms with van der Waals surface area (Å²) < 4.78 is 11.0. The summed E-state index contributed by atoms with van der Waals surface area (Å²) in [6, 6.07) is 10.3. The molecule has 0 bridgehead atoms. The van der Waals surface area contributed by atoms with Crippen LogP contribution in [0.15, 0.2) is 41.5 Å². The molecule has 0 aliphatic carbocycles. The van der Waals surface area contributed by atoms with Crippen molar-refractivity contribution in [3.05, 3.63) is 53.3 Å². The maximum absolute atomic E-state index is 5.56. The molecule has 26 heavy (non-hydrogen) atoms. The van der Waals surface area contributed by atoms with E-state index in [0.29, 0.717) is 5.25 Å². The second-order valence-corrected chi connectivity index (χ2v) is 8.11. The van der Waals surface area contributed by atoms with Gasteiger partial charge in [0.25, 0.3) is 0 Å². The Kier molecular flexibility index (Phi) is 4.53. The highest BCUT2D eigenvalue weighted by atomic mass is 32.2. The fraction of sp³-hybridized carbons (Fsp3) is 0.400. The lowest BCUT2D eigenvalue weighted by Crippen LogP contribution is -2.29. The van der Waals surface area contributed by atoms with Gasteiger partial charge in [-0.15, -0.1) is 0 Å². The molecule has 0 saturated carbocycles. The van der Waals surface area contributed by atoms with Crippen molar-refractivity contribution >= 4 is 16.9 Å². The van der Waals surface area contributed by atoms with Crippen LogP contribution in [0.25, 0.3) is 0 Å². The van der Waals surface area contributed by atoms with E-state index in [1.807, 2.05) is 36.2 Å². The van der Waals surface area contributed by atoms with Gasteiger partial charge in [0, 0.05) is 18.0 Å². The van der Waals surface area contributed by atoms with E-state index in [-0.39, 0.29) is 12.1 Å². The van der Waals surface area contributed by atoms with Crippen molar-refractivity contribution in [3.8, 4) is 11.5 Å². The summed E-state index contributed by atoms with van der Waals surface area (Å²) in [5.74, 6) is 1.51. The second-order valence-electron chi connectivity index (χ2n) is 6.70. The quantitative estimate of drug-likeness (QED) is 0.815. The molecule has 2 aromatic rings. The summed E-state index contributed by atoms with van der Waals surface area (Å²) in [5, 5.41) is 1.66. The molecule has 4 rings (SSSR count). The summed E-state index contributed by atoms with van der Waals surface area (Å²) in [6.45, 7) is 5.36. The third kappa shape index (κ3) is 2.82. The van der Waals surface area contributed by atoms with Gasteiger partial charge >= 0.3 is 0 Å². The Morgan fingerprint density at radius 2 is 1.92 bits per heavy atom. The predicted octanol–water partition coefficient (Wildman–Crippen LogP) is 4.00. The predicted molar refractivity (Wildman–Crippen MR) is 105 cm³/mol. The lowest BCUT2D eigenvalue weighted by Gasteiger charge is -2.29. The van der Waals surface area contributed by atoms with Gasteiger partial charge < -0.3 is 14.4 Å². The first-order valence-corrected chi connectivity index (χ1v) is 9.65. The molecule has 1 aromatic carbocycles. The summed E-state index contributed by atoms with van der Waals surface area (Å²) in [4.78, 5) is 12.0. The highest BCUT2D eigenvalue weighted by Crippen LogP contribution is 2.49. The number of amidine groups is 1. The molecule has 0 radical (unpaired) electrons. The summed E-state index contributed by atoms with van der Waals surface area (Å²) in [6.07, 6.45) is 1.84. The number of hydrogen-bond acceptors (Lipinski definition) is 6. The van der Waals surface area contributed by atoms with E-state index in [1.165, 1.54) is 11.1 Å². The fourth-order valence-corrected chi connectivity index (χ4v) is 4.86. The highest BCUT2D eigenvalue weighted by molar-refractivity contribution is 8.14. The Balaban J connectivity index is 1.82. The Morgan fingerprint density at radius 3 is 2.62 bits per heavy atom. The van der Waals surface area contributed by atoms with Crippen LogP contribution >= 0.6 is 11.8 Å². The number of thioether (sulfide) groups is 1. The molecule has 1 fully saturated rings. The van der Waals surface area contributed by atoms with Gasteiger partial charge in [-0.3, -0.25) is 9.98 Å². The Bertz CT molecular complexity index is 840. The molecule has 2 aliphatic heterocycles. The first kappa shape index (κ1) is 17.2. The largest absolute Gasteiger partial charge is 0.493 e. The van der Waals surface area contributed by atoms with Gasteiger partial charge in [-0.2, -0.15) is 0 Å². The number of benzene rings is 1. The van der Waals surface area contributed by atoms with Crippen LogP contribution in [0.5, 0.6) is 11.5 Å². The molecule has 5 nitrogen and oxygen atoms in total. The average Bonchev–Trinajstić information content (AvgIpc) is 3.18. The Labute approximate surface area is 158 Å². The maximum Gasteiger partial charge on any atom is 0.161 e. The van der Waals surface area contributed by atoms with Crippen molar-refractivity contribution in [3.63, 3.8) is 0 Å². The number of fused-ring (bicyclic) bond motifs is 1. The topological polar surface area (TPSA) is 47.0 Å². The minimum Gasteiger partial charge on any atom is -0.493 e. The van der Waals surface area contributed by atoms with Gasteiger partial charge in [-0.1, -0.05) is 24.8 Å². The second kappa shape index (κ2) is 6.83. The zero-order valence-electron chi connectivity index (χ0n) is 15.5. The number of pyridine rings is 1. The molecule has 3 atom stereocenters. The number of hydrogen-bond donors (Lipinski definition) is 0. The standard InChI is InChI=1S/C20H23N3O2S/c1-12-9-16(24-3)17(25-4)10-14(12)19-18(15-7-5-6-8-21-15)22-20-23(19)11-13(2)26-20/h5-10,13,18-19H,11H2,1-4H3. The van der Waals surface area contributed by atoms with Crippen LogP contribution in [0.1, 0.15) is 35.8 Å². The zero-order valence-corrected chi connectivity index (χ0v) is 16.3. The number of nitrogens with zero attached hydrogens (tertiary/aromatic N) is 3. The van der Waals surface area contributed by atoms with Crippen molar-refractivity contribution < 1.29 is 9.47 Å². The number of methoxy groups -OCH3 is 2. The van der Waals surface area contributed by atoms with Gasteiger partial charge in [0.2, 0.25) is 0 Å². The molecule has 2 aliphatic rings. The number of aryl methyl sites for hydroxylation is 1. The van der Waals surface area contributed by atoms with Crippen LogP contribution in [0.3, 0.4) is 0 Å². The molecular formula is C20H23N3O2S. The van der Waals surface area contributed by atoms with Crippen LogP contribution in [0.2, 0.25) is 0 Å². The van der Waals surface area contributed by atoms with E-state index >= 15 is 0 Å². The van der Waals surface area contributed by atoms with E-state index < -0.39 is 0 Å². The third-order valence-corrected chi connectivity index (χ3v) is 6.07. The van der Waals surface area contributed by atoms with Gasteiger partial charge in [-0.05, 0) is 42.3 Å². The zero-order chi connectivity index (χ0) is 18.3. The van der Waals surface area contributed by atoms with Crippen LogP contribution < -0.4 is 9.47 Å². The summed E-state index contributed by atoms with van der Waals surface area (Å²) >= 11 is 1.85. The van der Waals surface area contributed by atoms with Crippen LogP contribution in [0.4, 0.5) is 0 Å². The lowest BCUT2D eigenvalue weighted by atomic mass is 9.92. The van der Waals surface area contributed by atoms with Crippen molar-refractivity contribution in [1.82, 2.24) is 9.88 Å². The number of aromatic nitrogens is 1. The van der Waals surface area contributed by atoms with Crippen molar-refractivity contribution in [1.29, 1.82) is 0 Å². The fourth-order valence-electron chi connectivity index (χ4n) is 3.77. The van der Waals surface area contributed by atoms with E-state index in [2.05, 4.69) is 35.9 Å². The maximum atomic E-state index is 5.56. The van der Waals surface area contributed by atoms with E-state index in [9.17, 15) is 0 Å². The van der Waals surface area contributed by atoms with E-state index in [1.54, 1.807) is 14.2 Å². The lowest BCUT2D eigenvalue weighted by molar-refractivity contribution is 0.316. The first-order chi connectivity index (χ1) is 12.6. The highest BCUT2D eigenvalue weighted by Gasteiger charge is 2.44. The minimum absolute atomic E-state index is 0.0111. The molecule has 3 unspecified atom stereocenters. The van der Waals surface area contributed by atoms with Gasteiger partial charge in [0.15, 0.2) is 16.7 Å². The summed E-state index contributed by atoms with van der Waals surface area (Å²) in [5.41, 5.74) is 3.39. The summed E-state index contributed by atoms with van der Waals surface area (Å²) in [7, 11) is 3.35. The van der Waals surface area contributed by atoms with Gasteiger partial charge in [0.05, 0.1) is 26.0 Å². The van der Waals surface area contributed by atoms with E-state index in [0.717, 1.165) is 28.9 Å².